The first-order valence-electron chi connectivity index (χ1n) is 9.09. The van der Waals surface area contributed by atoms with Crippen LogP contribution in [0.5, 0.6) is 11.5 Å². The molecule has 0 saturated heterocycles. The Hall–Kier alpha value is -3.32. The van der Waals surface area contributed by atoms with Gasteiger partial charge in [-0.3, -0.25) is 9.20 Å². The van der Waals surface area contributed by atoms with Crippen LogP contribution in [0.2, 0.25) is 0 Å². The average Bonchev–Trinajstić information content (AvgIpc) is 3.28. The molecule has 0 saturated carbocycles. The number of carbonyl (C=O) groups excluding carboxylic acids is 1. The molecule has 2 heterocycles. The van der Waals surface area contributed by atoms with E-state index in [1.165, 1.54) is 11.3 Å². The number of rotatable bonds is 5. The lowest BCUT2D eigenvalue weighted by molar-refractivity contribution is 0.102. The lowest BCUT2D eigenvalue weighted by Crippen LogP contribution is -2.12. The summed E-state index contributed by atoms with van der Waals surface area (Å²) in [6.45, 7) is 3.89. The predicted molar refractivity (Wildman–Crippen MR) is 115 cm³/mol. The Labute approximate surface area is 172 Å². The van der Waals surface area contributed by atoms with Gasteiger partial charge in [0.1, 0.15) is 16.4 Å². The van der Waals surface area contributed by atoms with Crippen molar-refractivity contribution < 1.29 is 14.3 Å². The normalized spacial score (nSPS) is 10.9. The van der Waals surface area contributed by atoms with Crippen molar-refractivity contribution in [2.45, 2.75) is 13.8 Å². The highest BCUT2D eigenvalue weighted by atomic mass is 32.1. The van der Waals surface area contributed by atoms with Gasteiger partial charge in [0, 0.05) is 17.5 Å². The average molecular weight is 407 g/mol. The van der Waals surface area contributed by atoms with Crippen LogP contribution in [0.3, 0.4) is 0 Å². The maximum atomic E-state index is 12.9. The minimum absolute atomic E-state index is 0.173. The quantitative estimate of drug-likeness (QED) is 0.508. The molecule has 0 radical (unpaired) electrons. The Balaban J connectivity index is 1.63. The SMILES string of the molecule is COc1ccc(-c2cn3c(C)c(C(=O)Nc4cc(C)ccc4OC)sc3n2)cc1. The molecule has 7 heteroatoms. The summed E-state index contributed by atoms with van der Waals surface area (Å²) in [6, 6.07) is 13.4. The number of aryl methyl sites for hydroxylation is 2. The molecular weight excluding hydrogens is 386 g/mol. The zero-order valence-electron chi connectivity index (χ0n) is 16.6. The summed E-state index contributed by atoms with van der Waals surface area (Å²) in [4.78, 5) is 19.0. The Bertz CT molecular complexity index is 1190. The Morgan fingerprint density at radius 2 is 1.83 bits per heavy atom. The van der Waals surface area contributed by atoms with Crippen molar-refractivity contribution in [3.63, 3.8) is 0 Å². The van der Waals surface area contributed by atoms with Crippen molar-refractivity contribution in [2.24, 2.45) is 0 Å². The molecule has 0 unspecified atom stereocenters. The topological polar surface area (TPSA) is 64.9 Å². The third-order valence-electron chi connectivity index (χ3n) is 4.75. The Kier molecular flexibility index (Phi) is 4.98. The second-order valence-corrected chi connectivity index (χ2v) is 7.66. The van der Waals surface area contributed by atoms with E-state index in [2.05, 4.69) is 5.32 Å². The first kappa shape index (κ1) is 19.0. The summed E-state index contributed by atoms with van der Waals surface area (Å²) in [5, 5.41) is 2.96. The fraction of sp³-hybridized carbons (Fsp3) is 0.182. The molecule has 0 bridgehead atoms. The van der Waals surface area contributed by atoms with E-state index in [1.54, 1.807) is 14.2 Å². The molecule has 148 valence electrons. The molecule has 0 spiro atoms. The van der Waals surface area contributed by atoms with Gasteiger partial charge in [0.25, 0.3) is 5.91 Å². The van der Waals surface area contributed by atoms with Gasteiger partial charge in [0.15, 0.2) is 4.96 Å². The monoisotopic (exact) mass is 407 g/mol. The largest absolute Gasteiger partial charge is 0.497 e. The molecular formula is C22H21N3O3S. The van der Waals surface area contributed by atoms with Crippen molar-refractivity contribution in [3.05, 3.63) is 64.8 Å². The zero-order valence-corrected chi connectivity index (χ0v) is 17.5. The number of fused-ring (bicyclic) bond motifs is 1. The lowest BCUT2D eigenvalue weighted by atomic mass is 10.2. The van der Waals surface area contributed by atoms with Gasteiger partial charge >= 0.3 is 0 Å². The number of aromatic nitrogens is 2. The summed E-state index contributed by atoms with van der Waals surface area (Å²) in [5.74, 6) is 1.26. The number of carbonyl (C=O) groups is 1. The van der Waals surface area contributed by atoms with Gasteiger partial charge in [-0.25, -0.2) is 4.98 Å². The number of hydrogen-bond donors (Lipinski definition) is 1. The van der Waals surface area contributed by atoms with Crippen LogP contribution in [0.25, 0.3) is 16.2 Å². The zero-order chi connectivity index (χ0) is 20.5. The first-order chi connectivity index (χ1) is 14.0. The highest BCUT2D eigenvalue weighted by Crippen LogP contribution is 2.30. The second-order valence-electron chi connectivity index (χ2n) is 6.68. The van der Waals surface area contributed by atoms with E-state index < -0.39 is 0 Å². The number of amides is 1. The Morgan fingerprint density at radius 1 is 1.07 bits per heavy atom. The van der Waals surface area contributed by atoms with Crippen LogP contribution in [0, 0.1) is 13.8 Å². The molecule has 0 aliphatic carbocycles. The van der Waals surface area contributed by atoms with E-state index in [-0.39, 0.29) is 5.91 Å². The molecule has 0 fully saturated rings. The molecule has 1 N–H and O–H groups in total. The number of nitrogens with one attached hydrogen (secondary N) is 1. The molecule has 0 atom stereocenters. The van der Waals surface area contributed by atoms with E-state index >= 15 is 0 Å². The minimum Gasteiger partial charge on any atom is -0.497 e. The molecule has 6 nitrogen and oxygen atoms in total. The second kappa shape index (κ2) is 7.60. The van der Waals surface area contributed by atoms with Crippen molar-refractivity contribution in [2.75, 3.05) is 19.5 Å². The number of anilines is 1. The van der Waals surface area contributed by atoms with Crippen molar-refractivity contribution in [3.8, 4) is 22.8 Å². The van der Waals surface area contributed by atoms with Crippen molar-refractivity contribution in [1.29, 1.82) is 0 Å². The van der Waals surface area contributed by atoms with Gasteiger partial charge in [-0.15, -0.1) is 0 Å². The van der Waals surface area contributed by atoms with E-state index in [0.717, 1.165) is 33.2 Å². The maximum Gasteiger partial charge on any atom is 0.267 e. The van der Waals surface area contributed by atoms with Gasteiger partial charge in [-0.05, 0) is 55.8 Å². The van der Waals surface area contributed by atoms with E-state index in [9.17, 15) is 4.79 Å². The fourth-order valence-corrected chi connectivity index (χ4v) is 4.16. The van der Waals surface area contributed by atoms with E-state index in [1.807, 2.05) is 66.9 Å². The van der Waals surface area contributed by atoms with Crippen LogP contribution >= 0.6 is 11.3 Å². The summed E-state index contributed by atoms with van der Waals surface area (Å²) >= 11 is 1.37. The molecule has 2 aromatic heterocycles. The molecule has 4 aromatic rings. The van der Waals surface area contributed by atoms with E-state index in [0.29, 0.717) is 16.3 Å². The summed E-state index contributed by atoms with van der Waals surface area (Å²) < 4.78 is 12.5. The molecule has 0 aliphatic rings. The summed E-state index contributed by atoms with van der Waals surface area (Å²) in [5.41, 5.74) is 4.40. The summed E-state index contributed by atoms with van der Waals surface area (Å²) in [6.07, 6.45) is 1.95. The van der Waals surface area contributed by atoms with E-state index in [4.69, 9.17) is 14.5 Å². The van der Waals surface area contributed by atoms with Crippen LogP contribution < -0.4 is 14.8 Å². The van der Waals surface area contributed by atoms with Gasteiger partial charge in [-0.2, -0.15) is 0 Å². The third-order valence-corrected chi connectivity index (χ3v) is 5.91. The van der Waals surface area contributed by atoms with Crippen LogP contribution in [0.4, 0.5) is 5.69 Å². The third kappa shape index (κ3) is 3.56. The highest BCUT2D eigenvalue weighted by Gasteiger charge is 2.19. The van der Waals surface area contributed by atoms with Crippen LogP contribution in [-0.2, 0) is 0 Å². The number of imidazole rings is 1. The van der Waals surface area contributed by atoms with Gasteiger partial charge in [-0.1, -0.05) is 17.4 Å². The maximum absolute atomic E-state index is 12.9. The number of thiazole rings is 1. The number of methoxy groups -OCH3 is 2. The predicted octanol–water partition coefficient (Wildman–Crippen LogP) is 4.95. The smallest absolute Gasteiger partial charge is 0.267 e. The van der Waals surface area contributed by atoms with Crippen LogP contribution in [0.1, 0.15) is 20.9 Å². The molecule has 4 rings (SSSR count). The number of hydrogen-bond acceptors (Lipinski definition) is 5. The molecule has 0 aliphatic heterocycles. The highest BCUT2D eigenvalue weighted by molar-refractivity contribution is 7.19. The Morgan fingerprint density at radius 3 is 2.48 bits per heavy atom. The van der Waals surface area contributed by atoms with Gasteiger partial charge in [0.2, 0.25) is 0 Å². The van der Waals surface area contributed by atoms with Gasteiger partial charge in [0.05, 0.1) is 25.6 Å². The van der Waals surface area contributed by atoms with Crippen LogP contribution in [0.15, 0.2) is 48.7 Å². The van der Waals surface area contributed by atoms with Crippen LogP contribution in [-0.4, -0.2) is 29.5 Å². The first-order valence-corrected chi connectivity index (χ1v) is 9.90. The minimum atomic E-state index is -0.173. The van der Waals surface area contributed by atoms with Crippen molar-refractivity contribution in [1.82, 2.24) is 9.38 Å². The molecule has 2 aromatic carbocycles. The summed E-state index contributed by atoms with van der Waals surface area (Å²) in [7, 11) is 3.23. The number of benzene rings is 2. The molecule has 29 heavy (non-hydrogen) atoms. The van der Waals surface area contributed by atoms with Crippen molar-refractivity contribution >= 4 is 27.9 Å². The fourth-order valence-electron chi connectivity index (χ4n) is 3.16. The standard InChI is InChI=1S/C22H21N3O3S/c1-13-5-10-19(28-4)17(11-13)23-21(26)20-14(2)25-12-18(24-22(25)29-20)15-6-8-16(27-3)9-7-15/h5-12H,1-4H3,(H,23,26). The number of ether oxygens (including phenoxy) is 2. The molecule has 1 amide bonds. The van der Waals surface area contributed by atoms with Gasteiger partial charge < -0.3 is 14.8 Å². The lowest BCUT2D eigenvalue weighted by Gasteiger charge is -2.10. The number of nitrogens with zero attached hydrogens (tertiary/aromatic N) is 2.